The Morgan fingerprint density at radius 3 is 2.45 bits per heavy atom. The molecule has 2 amide bonds. The van der Waals surface area contributed by atoms with Gasteiger partial charge < -0.3 is 10.6 Å². The summed E-state index contributed by atoms with van der Waals surface area (Å²) in [4.78, 5) is 24.6. The second-order valence-electron chi connectivity index (χ2n) is 4.71. The molecule has 6 heteroatoms. The van der Waals surface area contributed by atoms with Gasteiger partial charge in [0.2, 0.25) is 11.8 Å². The van der Waals surface area contributed by atoms with E-state index in [-0.39, 0.29) is 17.7 Å². The maximum atomic E-state index is 12.0. The number of benzene rings is 1. The Bertz CT molecular complexity index is 552. The largest absolute Gasteiger partial charge is 0.369 e. The maximum Gasteiger partial charge on any atom is 0.246 e. The number of hydrogen-bond acceptors (Lipinski definition) is 2. The lowest BCUT2D eigenvalue weighted by molar-refractivity contribution is -0.125. The van der Waals surface area contributed by atoms with Gasteiger partial charge in [0.05, 0.1) is 5.92 Å². The van der Waals surface area contributed by atoms with Crippen LogP contribution in [-0.4, -0.2) is 29.8 Å². The van der Waals surface area contributed by atoms with Gasteiger partial charge in [-0.3, -0.25) is 9.59 Å². The lowest BCUT2D eigenvalue weighted by Gasteiger charge is -2.13. The Labute approximate surface area is 127 Å². The minimum atomic E-state index is -0.356. The van der Waals surface area contributed by atoms with E-state index in [1.165, 1.54) is 6.08 Å². The van der Waals surface area contributed by atoms with Gasteiger partial charge in [-0.1, -0.05) is 23.2 Å². The van der Waals surface area contributed by atoms with E-state index in [4.69, 9.17) is 28.9 Å². The molecule has 0 saturated carbocycles. The zero-order valence-electron chi connectivity index (χ0n) is 10.7. The van der Waals surface area contributed by atoms with Crippen LogP contribution in [0.15, 0.2) is 24.3 Å². The van der Waals surface area contributed by atoms with Gasteiger partial charge in [-0.2, -0.15) is 0 Å². The Kier molecular flexibility index (Phi) is 4.68. The number of carbonyl (C=O) groups is 2. The predicted molar refractivity (Wildman–Crippen MR) is 79.4 cm³/mol. The summed E-state index contributed by atoms with van der Waals surface area (Å²) in [6, 6.07) is 5.06. The average molecular weight is 313 g/mol. The summed E-state index contributed by atoms with van der Waals surface area (Å²) < 4.78 is 0. The zero-order chi connectivity index (χ0) is 14.7. The molecule has 0 radical (unpaired) electrons. The van der Waals surface area contributed by atoms with Gasteiger partial charge in [-0.15, -0.1) is 0 Å². The quantitative estimate of drug-likeness (QED) is 0.871. The van der Waals surface area contributed by atoms with Crippen molar-refractivity contribution in [3.8, 4) is 0 Å². The molecule has 2 rings (SSSR count). The van der Waals surface area contributed by atoms with Crippen LogP contribution in [0, 0.1) is 5.92 Å². The molecule has 0 unspecified atom stereocenters. The van der Waals surface area contributed by atoms with E-state index in [1.54, 1.807) is 29.2 Å². The standard InChI is InChI=1S/C14H14Cl2N2O2/c15-11-5-9(6-12(16)7-11)1-2-13(19)18-4-3-10(8-18)14(17)20/h1-2,5-7,10H,3-4,8H2,(H2,17,20)/b2-1-/t10-/m1/s1. The first-order valence-corrected chi connectivity index (χ1v) is 6.93. The molecule has 0 spiro atoms. The predicted octanol–water partition coefficient (Wildman–Crippen LogP) is 2.34. The van der Waals surface area contributed by atoms with Crippen LogP contribution in [0.1, 0.15) is 12.0 Å². The van der Waals surface area contributed by atoms with Crippen LogP contribution in [0.5, 0.6) is 0 Å². The van der Waals surface area contributed by atoms with E-state index >= 15 is 0 Å². The fourth-order valence-electron chi connectivity index (χ4n) is 2.14. The van der Waals surface area contributed by atoms with Gasteiger partial charge in [0.25, 0.3) is 0 Å². The van der Waals surface area contributed by atoms with Gasteiger partial charge in [-0.05, 0) is 36.3 Å². The summed E-state index contributed by atoms with van der Waals surface area (Å²) in [7, 11) is 0. The molecule has 4 nitrogen and oxygen atoms in total. The molecule has 1 aliphatic heterocycles. The first kappa shape index (κ1) is 14.9. The van der Waals surface area contributed by atoms with Crippen molar-refractivity contribution in [3.05, 3.63) is 39.9 Å². The topological polar surface area (TPSA) is 63.4 Å². The summed E-state index contributed by atoms with van der Waals surface area (Å²) in [5, 5.41) is 1.03. The van der Waals surface area contributed by atoms with Crippen LogP contribution in [0.3, 0.4) is 0 Å². The molecule has 1 atom stereocenters. The maximum absolute atomic E-state index is 12.0. The molecule has 0 aromatic heterocycles. The normalized spacial score (nSPS) is 18.7. The van der Waals surface area contributed by atoms with Crippen LogP contribution in [-0.2, 0) is 9.59 Å². The van der Waals surface area contributed by atoms with E-state index in [0.717, 1.165) is 5.56 Å². The highest BCUT2D eigenvalue weighted by Crippen LogP contribution is 2.20. The van der Waals surface area contributed by atoms with Crippen LogP contribution >= 0.6 is 23.2 Å². The Balaban J connectivity index is 2.01. The number of likely N-dealkylation sites (tertiary alicyclic amines) is 1. The lowest BCUT2D eigenvalue weighted by atomic mass is 10.1. The SMILES string of the molecule is NC(=O)[C@@H]1CCN(C(=O)/C=C\c2cc(Cl)cc(Cl)c2)C1. The average Bonchev–Trinajstić information content (AvgIpc) is 2.84. The van der Waals surface area contributed by atoms with Crippen molar-refractivity contribution in [1.29, 1.82) is 0 Å². The Morgan fingerprint density at radius 2 is 1.90 bits per heavy atom. The summed E-state index contributed by atoms with van der Waals surface area (Å²) >= 11 is 11.8. The highest BCUT2D eigenvalue weighted by atomic mass is 35.5. The van der Waals surface area contributed by atoms with E-state index < -0.39 is 0 Å². The minimum Gasteiger partial charge on any atom is -0.369 e. The fraction of sp³-hybridized carbons (Fsp3) is 0.286. The molecule has 1 aromatic rings. The summed E-state index contributed by atoms with van der Waals surface area (Å²) in [5.41, 5.74) is 5.99. The second-order valence-corrected chi connectivity index (χ2v) is 5.58. The van der Waals surface area contributed by atoms with Crippen molar-refractivity contribution in [3.63, 3.8) is 0 Å². The first-order valence-electron chi connectivity index (χ1n) is 6.18. The summed E-state index contributed by atoms with van der Waals surface area (Å²) in [6.07, 6.45) is 3.72. The molecule has 1 heterocycles. The van der Waals surface area contributed by atoms with Crippen molar-refractivity contribution in [1.82, 2.24) is 4.90 Å². The third-order valence-electron chi connectivity index (χ3n) is 3.21. The Morgan fingerprint density at radius 1 is 1.25 bits per heavy atom. The van der Waals surface area contributed by atoms with Crippen LogP contribution < -0.4 is 5.73 Å². The summed E-state index contributed by atoms with van der Waals surface area (Å²) in [6.45, 7) is 0.932. The highest BCUT2D eigenvalue weighted by Gasteiger charge is 2.28. The number of primary amides is 1. The molecular weight excluding hydrogens is 299 g/mol. The number of hydrogen-bond donors (Lipinski definition) is 1. The first-order chi connectivity index (χ1) is 9.45. The molecular formula is C14H14Cl2N2O2. The highest BCUT2D eigenvalue weighted by molar-refractivity contribution is 6.34. The Hall–Kier alpha value is -1.52. The third-order valence-corrected chi connectivity index (χ3v) is 3.64. The van der Waals surface area contributed by atoms with Crippen LogP contribution in [0.4, 0.5) is 0 Å². The molecule has 1 saturated heterocycles. The molecule has 0 bridgehead atoms. The number of carbonyl (C=O) groups excluding carboxylic acids is 2. The van der Waals surface area contributed by atoms with Crippen LogP contribution in [0.25, 0.3) is 6.08 Å². The van der Waals surface area contributed by atoms with Gasteiger partial charge in [-0.25, -0.2) is 0 Å². The number of nitrogens with two attached hydrogens (primary N) is 1. The molecule has 1 fully saturated rings. The molecule has 20 heavy (non-hydrogen) atoms. The van der Waals surface area contributed by atoms with Crippen molar-refractivity contribution < 1.29 is 9.59 Å². The van der Waals surface area contributed by atoms with Crippen molar-refractivity contribution >= 4 is 41.1 Å². The molecule has 1 aliphatic rings. The molecule has 1 aromatic carbocycles. The van der Waals surface area contributed by atoms with Gasteiger partial charge in [0.1, 0.15) is 0 Å². The van der Waals surface area contributed by atoms with Crippen molar-refractivity contribution in [2.24, 2.45) is 11.7 Å². The second kappa shape index (κ2) is 6.29. The van der Waals surface area contributed by atoms with Crippen LogP contribution in [0.2, 0.25) is 10.0 Å². The lowest BCUT2D eigenvalue weighted by Crippen LogP contribution is -2.30. The van der Waals surface area contributed by atoms with E-state index in [2.05, 4.69) is 0 Å². The van der Waals surface area contributed by atoms with Crippen molar-refractivity contribution in [2.75, 3.05) is 13.1 Å². The number of rotatable bonds is 3. The molecule has 2 N–H and O–H groups in total. The number of amides is 2. The van der Waals surface area contributed by atoms with E-state index in [9.17, 15) is 9.59 Å². The van der Waals surface area contributed by atoms with E-state index in [1.807, 2.05) is 0 Å². The van der Waals surface area contributed by atoms with Gasteiger partial charge >= 0.3 is 0 Å². The zero-order valence-corrected chi connectivity index (χ0v) is 12.2. The van der Waals surface area contributed by atoms with E-state index in [0.29, 0.717) is 29.6 Å². The van der Waals surface area contributed by atoms with Gasteiger partial charge in [0.15, 0.2) is 0 Å². The molecule has 106 valence electrons. The third kappa shape index (κ3) is 3.74. The molecule has 0 aliphatic carbocycles. The van der Waals surface area contributed by atoms with Gasteiger partial charge in [0, 0.05) is 29.2 Å². The smallest absolute Gasteiger partial charge is 0.246 e. The minimum absolute atomic E-state index is 0.148. The van der Waals surface area contributed by atoms with Crippen molar-refractivity contribution in [2.45, 2.75) is 6.42 Å². The summed E-state index contributed by atoms with van der Waals surface area (Å²) in [5.74, 6) is -0.747. The fourth-order valence-corrected chi connectivity index (χ4v) is 2.68. The monoisotopic (exact) mass is 312 g/mol. The number of halogens is 2. The number of nitrogens with zero attached hydrogens (tertiary/aromatic N) is 1.